The van der Waals surface area contributed by atoms with Crippen LogP contribution in [0.3, 0.4) is 0 Å². The summed E-state index contributed by atoms with van der Waals surface area (Å²) in [4.78, 5) is 30.1. The summed E-state index contributed by atoms with van der Waals surface area (Å²) >= 11 is 0. The number of carbonyl (C=O) groups excluding carboxylic acids is 1. The molecule has 0 aromatic heterocycles. The molecule has 3 N–H and O–H groups in total. The van der Waals surface area contributed by atoms with Crippen molar-refractivity contribution in [3.63, 3.8) is 0 Å². The number of nitrogens with two attached hydrogens (primary N) is 1. The predicted molar refractivity (Wildman–Crippen MR) is 160 cm³/mol. The van der Waals surface area contributed by atoms with E-state index in [2.05, 4.69) is 60.0 Å². The number of ether oxygens (including phenoxy) is 1. The highest BCUT2D eigenvalue weighted by atomic mass is 16.5. The molecule has 1 amide bonds. The standard InChI is InChI=1S/C34H41N3O4/c1-23(2)26-14-15-30(41-3)27(18-26)19-37(21-31(38)39)34(22-36-17-16-29(34)28(20-36)33(35)40)32(24-10-6-4-7-11-24)25-12-8-5-9-13-25/h4-15,18,23,28-29,32H,16-17,19-22H2,1-3H3,(H2,35,40)(H,38,39). The molecule has 0 spiro atoms. The van der Waals surface area contributed by atoms with E-state index in [0.29, 0.717) is 25.6 Å². The minimum atomic E-state index is -0.907. The Bertz CT molecular complexity index is 1320. The van der Waals surface area contributed by atoms with Crippen molar-refractivity contribution in [3.05, 3.63) is 101 Å². The maximum absolute atomic E-state index is 13.0. The molecule has 3 saturated heterocycles. The van der Waals surface area contributed by atoms with E-state index in [4.69, 9.17) is 10.5 Å². The largest absolute Gasteiger partial charge is 0.496 e. The molecule has 3 heterocycles. The Balaban J connectivity index is 1.77. The molecule has 2 bridgehead atoms. The molecular formula is C34H41N3O4. The quantitative estimate of drug-likeness (QED) is 0.356. The molecule has 0 radical (unpaired) electrons. The molecule has 41 heavy (non-hydrogen) atoms. The number of carboxylic acid groups (broad SMARTS) is 1. The van der Waals surface area contributed by atoms with Gasteiger partial charge in [0.2, 0.25) is 5.91 Å². The zero-order valence-corrected chi connectivity index (χ0v) is 24.2. The summed E-state index contributed by atoms with van der Waals surface area (Å²) in [6.45, 7) is 6.57. The van der Waals surface area contributed by atoms with E-state index < -0.39 is 11.5 Å². The first-order chi connectivity index (χ1) is 19.7. The van der Waals surface area contributed by atoms with Crippen LogP contribution in [0, 0.1) is 11.8 Å². The lowest BCUT2D eigenvalue weighted by molar-refractivity contribution is -0.155. The highest BCUT2D eigenvalue weighted by molar-refractivity contribution is 5.78. The highest BCUT2D eigenvalue weighted by Crippen LogP contribution is 2.53. The van der Waals surface area contributed by atoms with E-state index in [1.165, 1.54) is 0 Å². The molecule has 4 unspecified atom stereocenters. The summed E-state index contributed by atoms with van der Waals surface area (Å²) < 4.78 is 5.80. The molecule has 0 aliphatic carbocycles. The first kappa shape index (κ1) is 28.8. The van der Waals surface area contributed by atoms with Crippen LogP contribution in [-0.4, -0.2) is 65.6 Å². The summed E-state index contributed by atoms with van der Waals surface area (Å²) in [7, 11) is 1.65. The van der Waals surface area contributed by atoms with E-state index in [0.717, 1.165) is 41.0 Å². The summed E-state index contributed by atoms with van der Waals surface area (Å²) in [5, 5.41) is 10.4. The molecule has 4 atom stereocenters. The number of piperidine rings is 3. The number of aliphatic carboxylic acids is 1. The van der Waals surface area contributed by atoms with Crippen LogP contribution in [0.2, 0.25) is 0 Å². The molecule has 216 valence electrons. The molecule has 3 aromatic rings. The third kappa shape index (κ3) is 5.61. The number of carbonyl (C=O) groups is 2. The number of fused-ring (bicyclic) bond motifs is 3. The van der Waals surface area contributed by atoms with Gasteiger partial charge in [0.25, 0.3) is 0 Å². The molecule has 0 saturated carbocycles. The molecule has 7 nitrogen and oxygen atoms in total. The van der Waals surface area contributed by atoms with Gasteiger partial charge in [0.15, 0.2) is 0 Å². The summed E-state index contributed by atoms with van der Waals surface area (Å²) in [6.07, 6.45) is 0.767. The summed E-state index contributed by atoms with van der Waals surface area (Å²) in [5.74, 6) is -0.906. The number of rotatable bonds is 11. The van der Waals surface area contributed by atoms with Gasteiger partial charge in [0, 0.05) is 36.7 Å². The van der Waals surface area contributed by atoms with Gasteiger partial charge >= 0.3 is 5.97 Å². The van der Waals surface area contributed by atoms with Crippen molar-refractivity contribution in [2.75, 3.05) is 33.3 Å². The maximum Gasteiger partial charge on any atom is 0.317 e. The van der Waals surface area contributed by atoms with Gasteiger partial charge < -0.3 is 20.5 Å². The van der Waals surface area contributed by atoms with Gasteiger partial charge in [-0.2, -0.15) is 0 Å². The van der Waals surface area contributed by atoms with Gasteiger partial charge in [-0.25, -0.2) is 0 Å². The van der Waals surface area contributed by atoms with Crippen molar-refractivity contribution >= 4 is 11.9 Å². The fourth-order valence-corrected chi connectivity index (χ4v) is 7.41. The first-order valence-electron chi connectivity index (χ1n) is 14.5. The molecular weight excluding hydrogens is 514 g/mol. The number of nitrogens with zero attached hydrogens (tertiary/aromatic N) is 2. The van der Waals surface area contributed by atoms with Crippen molar-refractivity contribution in [1.82, 2.24) is 9.80 Å². The number of benzene rings is 3. The Kier molecular flexibility index (Phi) is 8.47. The normalized spacial score (nSPS) is 23.7. The highest BCUT2D eigenvalue weighted by Gasteiger charge is 2.60. The van der Waals surface area contributed by atoms with Crippen LogP contribution < -0.4 is 10.5 Å². The smallest absolute Gasteiger partial charge is 0.317 e. The Hall–Kier alpha value is -3.68. The van der Waals surface area contributed by atoms with E-state index in [1.54, 1.807) is 7.11 Å². The van der Waals surface area contributed by atoms with Crippen LogP contribution in [0.5, 0.6) is 5.75 Å². The van der Waals surface area contributed by atoms with Gasteiger partial charge in [-0.1, -0.05) is 86.6 Å². The Morgan fingerprint density at radius 2 is 1.66 bits per heavy atom. The van der Waals surface area contributed by atoms with Gasteiger partial charge in [0.05, 0.1) is 19.6 Å². The fraction of sp³-hybridized carbons (Fsp3) is 0.412. The van der Waals surface area contributed by atoms with Crippen molar-refractivity contribution in [2.45, 2.75) is 44.2 Å². The average molecular weight is 556 g/mol. The lowest BCUT2D eigenvalue weighted by Crippen LogP contribution is -2.73. The minimum absolute atomic E-state index is 0.131. The fourth-order valence-electron chi connectivity index (χ4n) is 7.41. The van der Waals surface area contributed by atoms with Crippen LogP contribution in [0.15, 0.2) is 78.9 Å². The number of amides is 1. The van der Waals surface area contributed by atoms with Crippen LogP contribution in [-0.2, 0) is 16.1 Å². The van der Waals surface area contributed by atoms with Gasteiger partial charge in [-0.3, -0.25) is 14.5 Å². The second kappa shape index (κ2) is 12.0. The number of primary amides is 1. The molecule has 3 fully saturated rings. The van der Waals surface area contributed by atoms with Crippen molar-refractivity contribution in [1.29, 1.82) is 0 Å². The van der Waals surface area contributed by atoms with Gasteiger partial charge in [-0.05, 0) is 47.6 Å². The molecule has 3 aliphatic heterocycles. The van der Waals surface area contributed by atoms with Crippen LogP contribution in [0.25, 0.3) is 0 Å². The Labute approximate surface area is 242 Å². The van der Waals surface area contributed by atoms with Gasteiger partial charge in [-0.15, -0.1) is 0 Å². The van der Waals surface area contributed by atoms with E-state index in [1.807, 2.05) is 42.5 Å². The number of hydrogen-bond donors (Lipinski definition) is 2. The topological polar surface area (TPSA) is 96.1 Å². The van der Waals surface area contributed by atoms with Crippen molar-refractivity contribution in [2.24, 2.45) is 17.6 Å². The lowest BCUT2D eigenvalue weighted by atomic mass is 9.58. The molecule has 6 rings (SSSR count). The van der Waals surface area contributed by atoms with E-state index in [9.17, 15) is 14.7 Å². The van der Waals surface area contributed by atoms with Crippen LogP contribution in [0.4, 0.5) is 0 Å². The first-order valence-corrected chi connectivity index (χ1v) is 14.5. The number of carboxylic acids is 1. The van der Waals surface area contributed by atoms with E-state index >= 15 is 0 Å². The SMILES string of the molecule is COc1ccc(C(C)C)cc1CN(CC(=O)O)C1(C(c2ccccc2)c2ccccc2)CN2CCC1C(C(N)=O)C2. The Morgan fingerprint density at radius 1 is 1.02 bits per heavy atom. The van der Waals surface area contributed by atoms with Gasteiger partial charge in [0.1, 0.15) is 5.75 Å². The zero-order valence-electron chi connectivity index (χ0n) is 24.2. The third-order valence-electron chi connectivity index (χ3n) is 9.19. The summed E-state index contributed by atoms with van der Waals surface area (Å²) in [5.41, 5.74) is 9.64. The van der Waals surface area contributed by atoms with Crippen molar-refractivity contribution in [3.8, 4) is 5.75 Å². The van der Waals surface area contributed by atoms with Crippen LogP contribution in [0.1, 0.15) is 54.4 Å². The lowest BCUT2D eigenvalue weighted by Gasteiger charge is -2.63. The molecule has 7 heteroatoms. The maximum atomic E-state index is 13.0. The zero-order chi connectivity index (χ0) is 29.1. The second-order valence-electron chi connectivity index (χ2n) is 11.9. The molecule has 3 aromatic carbocycles. The third-order valence-corrected chi connectivity index (χ3v) is 9.19. The Morgan fingerprint density at radius 3 is 2.17 bits per heavy atom. The van der Waals surface area contributed by atoms with Crippen LogP contribution >= 0.6 is 0 Å². The minimum Gasteiger partial charge on any atom is -0.496 e. The van der Waals surface area contributed by atoms with E-state index in [-0.39, 0.29) is 30.2 Å². The molecule has 3 aliphatic rings. The summed E-state index contributed by atoms with van der Waals surface area (Å²) in [6, 6.07) is 26.8. The number of methoxy groups -OCH3 is 1. The average Bonchev–Trinajstić information content (AvgIpc) is 2.98. The predicted octanol–water partition coefficient (Wildman–Crippen LogP) is 4.71. The monoisotopic (exact) mass is 555 g/mol. The number of hydrogen-bond acceptors (Lipinski definition) is 5. The second-order valence-corrected chi connectivity index (χ2v) is 11.9. The van der Waals surface area contributed by atoms with Crippen molar-refractivity contribution < 1.29 is 19.4 Å².